The maximum atomic E-state index is 10.6. The molecule has 86 valence electrons. The minimum Gasteiger partial charge on any atom is -0.364 e. The van der Waals surface area contributed by atoms with E-state index in [0.29, 0.717) is 0 Å². The zero-order valence-electron chi connectivity index (χ0n) is 8.45. The van der Waals surface area contributed by atoms with E-state index in [9.17, 15) is 14.9 Å². The Morgan fingerprint density at radius 2 is 2.29 bits per heavy atom. The van der Waals surface area contributed by atoms with Gasteiger partial charge in [-0.25, -0.2) is 0 Å². The molecule has 3 N–H and O–H groups in total. The number of nitro benzene ring substituents is 1. The smallest absolute Gasteiger partial charge is 0.280 e. The summed E-state index contributed by atoms with van der Waals surface area (Å²) in [7, 11) is 0. The minimum absolute atomic E-state index is 0.136. The van der Waals surface area contributed by atoms with Gasteiger partial charge >= 0.3 is 0 Å². The summed E-state index contributed by atoms with van der Waals surface area (Å²) in [6, 6.07) is 6.93. The van der Waals surface area contributed by atoms with Crippen molar-refractivity contribution in [2.75, 3.05) is 5.43 Å². The summed E-state index contributed by atoms with van der Waals surface area (Å²) in [4.78, 5) is 20.5. The molecule has 8 nitrogen and oxygen atoms in total. The Labute approximate surface area is 95.5 Å². The predicted octanol–water partition coefficient (Wildman–Crippen LogP) is 0.372. The number of benzene rings is 1. The molecule has 0 fully saturated rings. The number of nitro groups is 1. The van der Waals surface area contributed by atoms with Crippen LogP contribution in [0, 0.1) is 21.4 Å². The Morgan fingerprint density at radius 1 is 1.59 bits per heavy atom. The first-order valence-corrected chi connectivity index (χ1v) is 4.32. The number of carbonyl (C=O) groups excluding carboxylic acids is 1. The average molecular weight is 233 g/mol. The van der Waals surface area contributed by atoms with Crippen molar-refractivity contribution in [2.45, 2.75) is 0 Å². The predicted molar refractivity (Wildman–Crippen MR) is 59.0 cm³/mol. The topological polar surface area (TPSA) is 134 Å². The number of nitrogens with one attached hydrogen (secondary N) is 1. The van der Waals surface area contributed by atoms with Gasteiger partial charge in [-0.1, -0.05) is 6.07 Å². The van der Waals surface area contributed by atoms with Gasteiger partial charge in [-0.15, -0.1) is 0 Å². The quantitative estimate of drug-likeness (QED) is 0.440. The van der Waals surface area contributed by atoms with Crippen molar-refractivity contribution < 1.29 is 9.72 Å². The number of hydrazone groups is 1. The standard InChI is InChI=1S/C9H7N5O3/c10-5-8(9(11)15)13-12-6-2-1-3-7(4-6)14(16)17/h1-4,12H,(H2,11,15). The van der Waals surface area contributed by atoms with Crippen molar-refractivity contribution in [3.63, 3.8) is 0 Å². The molecule has 0 heterocycles. The Hall–Kier alpha value is -2.95. The first-order chi connectivity index (χ1) is 8.04. The second-order valence-electron chi connectivity index (χ2n) is 2.86. The van der Waals surface area contributed by atoms with Crippen molar-refractivity contribution in [1.29, 1.82) is 5.26 Å². The van der Waals surface area contributed by atoms with Crippen molar-refractivity contribution in [3.8, 4) is 6.07 Å². The van der Waals surface area contributed by atoms with E-state index in [2.05, 4.69) is 10.5 Å². The summed E-state index contributed by atoms with van der Waals surface area (Å²) in [6.45, 7) is 0. The molecule has 0 aliphatic rings. The number of rotatable bonds is 4. The molecule has 17 heavy (non-hydrogen) atoms. The second kappa shape index (κ2) is 5.22. The summed E-state index contributed by atoms with van der Waals surface area (Å²) in [5.41, 5.74) is 6.80. The van der Waals surface area contributed by atoms with E-state index in [1.807, 2.05) is 0 Å². The highest BCUT2D eigenvalue weighted by molar-refractivity contribution is 6.44. The molecule has 0 atom stereocenters. The molecule has 1 rings (SSSR count). The largest absolute Gasteiger partial charge is 0.364 e. The van der Waals surface area contributed by atoms with Crippen LogP contribution in [-0.2, 0) is 4.79 Å². The Bertz CT molecular complexity index is 532. The minimum atomic E-state index is -0.981. The van der Waals surface area contributed by atoms with Gasteiger partial charge in [0.1, 0.15) is 6.07 Å². The number of anilines is 1. The normalized spacial score (nSPS) is 10.4. The molecule has 0 unspecified atom stereocenters. The van der Waals surface area contributed by atoms with E-state index in [1.165, 1.54) is 30.3 Å². The third-order valence-electron chi connectivity index (χ3n) is 1.69. The van der Waals surface area contributed by atoms with Gasteiger partial charge in [-0.3, -0.25) is 20.3 Å². The Kier molecular flexibility index (Phi) is 3.72. The number of nitrogens with two attached hydrogens (primary N) is 1. The van der Waals surface area contributed by atoms with Crippen LogP contribution in [0.3, 0.4) is 0 Å². The van der Waals surface area contributed by atoms with Crippen molar-refractivity contribution in [3.05, 3.63) is 34.4 Å². The number of hydrogen-bond acceptors (Lipinski definition) is 6. The zero-order chi connectivity index (χ0) is 12.8. The molecule has 0 spiro atoms. The molecule has 0 aliphatic carbocycles. The molecule has 1 aromatic rings. The van der Waals surface area contributed by atoms with Crippen LogP contribution in [0.25, 0.3) is 0 Å². The summed E-state index contributed by atoms with van der Waals surface area (Å²) in [5.74, 6) is -0.981. The van der Waals surface area contributed by atoms with E-state index in [-0.39, 0.29) is 11.4 Å². The molecule has 0 aromatic heterocycles. The van der Waals surface area contributed by atoms with Gasteiger partial charge in [0.05, 0.1) is 10.6 Å². The summed E-state index contributed by atoms with van der Waals surface area (Å²) in [6.07, 6.45) is 0. The number of primary amides is 1. The molecule has 0 aliphatic heterocycles. The fraction of sp³-hybridized carbons (Fsp3) is 0. The first-order valence-electron chi connectivity index (χ1n) is 4.32. The fourth-order valence-electron chi connectivity index (χ4n) is 0.945. The summed E-state index contributed by atoms with van der Waals surface area (Å²) < 4.78 is 0. The van der Waals surface area contributed by atoms with Crippen molar-refractivity contribution >= 4 is 23.0 Å². The monoisotopic (exact) mass is 233 g/mol. The molecule has 1 amide bonds. The van der Waals surface area contributed by atoms with Crippen LogP contribution in [0.4, 0.5) is 11.4 Å². The van der Waals surface area contributed by atoms with Gasteiger partial charge < -0.3 is 5.73 Å². The Balaban J connectivity index is 2.90. The second-order valence-corrected chi connectivity index (χ2v) is 2.86. The maximum Gasteiger partial charge on any atom is 0.280 e. The first kappa shape index (κ1) is 12.1. The van der Waals surface area contributed by atoms with Crippen molar-refractivity contribution in [2.24, 2.45) is 10.8 Å². The maximum absolute atomic E-state index is 10.6. The number of carbonyl (C=O) groups is 1. The van der Waals surface area contributed by atoms with E-state index in [4.69, 9.17) is 11.0 Å². The van der Waals surface area contributed by atoms with Gasteiger partial charge in [0.2, 0.25) is 5.71 Å². The number of nitrogens with zero attached hydrogens (tertiary/aromatic N) is 3. The van der Waals surface area contributed by atoms with Gasteiger partial charge in [0.25, 0.3) is 11.6 Å². The average Bonchev–Trinajstić information content (AvgIpc) is 2.29. The highest BCUT2D eigenvalue weighted by atomic mass is 16.6. The highest BCUT2D eigenvalue weighted by Crippen LogP contribution is 2.16. The molecule has 0 saturated heterocycles. The van der Waals surface area contributed by atoms with E-state index in [1.54, 1.807) is 0 Å². The fourth-order valence-corrected chi connectivity index (χ4v) is 0.945. The lowest BCUT2D eigenvalue weighted by Crippen LogP contribution is -2.22. The van der Waals surface area contributed by atoms with Crippen LogP contribution >= 0.6 is 0 Å². The van der Waals surface area contributed by atoms with E-state index < -0.39 is 16.5 Å². The lowest BCUT2D eigenvalue weighted by molar-refractivity contribution is -0.384. The van der Waals surface area contributed by atoms with Crippen LogP contribution in [0.2, 0.25) is 0 Å². The summed E-state index contributed by atoms with van der Waals surface area (Å²) in [5, 5.41) is 22.4. The van der Waals surface area contributed by atoms with E-state index >= 15 is 0 Å². The molecule has 1 aromatic carbocycles. The van der Waals surface area contributed by atoms with Crippen LogP contribution in [0.1, 0.15) is 0 Å². The molecule has 0 saturated carbocycles. The number of amides is 1. The highest BCUT2D eigenvalue weighted by Gasteiger charge is 2.07. The molecule has 0 bridgehead atoms. The third kappa shape index (κ3) is 3.28. The van der Waals surface area contributed by atoms with Crippen molar-refractivity contribution in [1.82, 2.24) is 0 Å². The van der Waals surface area contributed by atoms with E-state index in [0.717, 1.165) is 0 Å². The number of non-ortho nitro benzene ring substituents is 1. The third-order valence-corrected chi connectivity index (χ3v) is 1.69. The molecule has 8 heteroatoms. The van der Waals surface area contributed by atoms with Crippen LogP contribution < -0.4 is 11.2 Å². The SMILES string of the molecule is N#CC(=NNc1cccc([N+](=O)[O-])c1)C(N)=O. The zero-order valence-corrected chi connectivity index (χ0v) is 8.45. The van der Waals surface area contributed by atoms with Gasteiger partial charge in [0, 0.05) is 12.1 Å². The summed E-state index contributed by atoms with van der Waals surface area (Å²) >= 11 is 0. The lowest BCUT2D eigenvalue weighted by Gasteiger charge is -1.99. The number of hydrogen-bond donors (Lipinski definition) is 2. The molecular formula is C9H7N5O3. The number of nitriles is 1. The van der Waals surface area contributed by atoms with Crippen LogP contribution in [0.5, 0.6) is 0 Å². The van der Waals surface area contributed by atoms with Gasteiger partial charge in [-0.2, -0.15) is 10.4 Å². The van der Waals surface area contributed by atoms with Crippen LogP contribution in [-0.4, -0.2) is 16.5 Å². The lowest BCUT2D eigenvalue weighted by atomic mass is 10.3. The molecular weight excluding hydrogens is 226 g/mol. The van der Waals surface area contributed by atoms with Crippen LogP contribution in [0.15, 0.2) is 29.4 Å². The molecule has 0 radical (unpaired) electrons. The van der Waals surface area contributed by atoms with Gasteiger partial charge in [-0.05, 0) is 6.07 Å². The Morgan fingerprint density at radius 3 is 2.82 bits per heavy atom. The van der Waals surface area contributed by atoms with Gasteiger partial charge in [0.15, 0.2) is 0 Å².